The molecule has 2 amide bonds. The molecule has 2 aliphatic rings. The van der Waals surface area contributed by atoms with E-state index in [9.17, 15) is 29.5 Å². The summed E-state index contributed by atoms with van der Waals surface area (Å²) in [7, 11) is 0. The molecule has 2 saturated heterocycles. The summed E-state index contributed by atoms with van der Waals surface area (Å²) >= 11 is 0. The van der Waals surface area contributed by atoms with Gasteiger partial charge in [0.1, 0.15) is 34.8 Å². The van der Waals surface area contributed by atoms with E-state index in [-0.39, 0.29) is 40.9 Å². The number of amides is 2. The van der Waals surface area contributed by atoms with Crippen LogP contribution in [0.25, 0.3) is 11.0 Å². The van der Waals surface area contributed by atoms with Gasteiger partial charge < -0.3 is 30.0 Å². The number of nitrogens with zero attached hydrogens (tertiary/aromatic N) is 3. The number of anilines is 1. The number of benzene rings is 2. The van der Waals surface area contributed by atoms with Crippen LogP contribution < -0.4 is 10.6 Å². The zero-order valence-electron chi connectivity index (χ0n) is 23.9. The third kappa shape index (κ3) is 6.70. The Morgan fingerprint density at radius 2 is 1.70 bits per heavy atom. The summed E-state index contributed by atoms with van der Waals surface area (Å²) in [5, 5.41) is 26.5. The van der Waals surface area contributed by atoms with Gasteiger partial charge in [0.2, 0.25) is 17.6 Å². The van der Waals surface area contributed by atoms with Gasteiger partial charge in [-0.3, -0.25) is 14.4 Å². The van der Waals surface area contributed by atoms with Crippen LogP contribution in [0.3, 0.4) is 0 Å². The fraction of sp³-hybridized carbons (Fsp3) is 0.344. The molecule has 0 saturated carbocycles. The van der Waals surface area contributed by atoms with Gasteiger partial charge in [-0.25, -0.2) is 4.79 Å². The molecular formula is C32H33N5O6. The number of carboxylic acids is 1. The first-order valence-corrected chi connectivity index (χ1v) is 14.4. The van der Waals surface area contributed by atoms with Crippen LogP contribution in [-0.2, 0) is 9.59 Å². The van der Waals surface area contributed by atoms with E-state index < -0.39 is 17.8 Å². The number of aromatic carboxylic acids is 1. The molecule has 2 aliphatic heterocycles. The molecule has 1 aromatic heterocycles. The highest BCUT2D eigenvalue weighted by Crippen LogP contribution is 2.25. The molecule has 0 spiro atoms. The van der Waals surface area contributed by atoms with Crippen LogP contribution in [-0.4, -0.2) is 70.7 Å². The third-order valence-corrected chi connectivity index (χ3v) is 7.78. The summed E-state index contributed by atoms with van der Waals surface area (Å²) in [6, 6.07) is 13.7. The second-order valence-corrected chi connectivity index (χ2v) is 10.8. The van der Waals surface area contributed by atoms with E-state index in [1.165, 1.54) is 24.3 Å². The lowest BCUT2D eigenvalue weighted by Crippen LogP contribution is -2.49. The molecular weight excluding hydrogens is 550 g/mol. The van der Waals surface area contributed by atoms with Crippen molar-refractivity contribution in [3.8, 4) is 6.07 Å². The average Bonchev–Trinajstić information content (AvgIpc) is 3.63. The zero-order chi connectivity index (χ0) is 30.5. The average molecular weight is 584 g/mol. The fourth-order valence-corrected chi connectivity index (χ4v) is 5.50. The minimum atomic E-state index is -1.14. The predicted octanol–water partition coefficient (Wildman–Crippen LogP) is 4.06. The number of ketones is 1. The van der Waals surface area contributed by atoms with Crippen molar-refractivity contribution in [2.45, 2.75) is 45.1 Å². The second-order valence-electron chi connectivity index (χ2n) is 10.8. The van der Waals surface area contributed by atoms with Gasteiger partial charge in [-0.05, 0) is 75.4 Å². The van der Waals surface area contributed by atoms with Gasteiger partial charge >= 0.3 is 5.97 Å². The third-order valence-electron chi connectivity index (χ3n) is 7.78. The van der Waals surface area contributed by atoms with Crippen molar-refractivity contribution in [3.05, 3.63) is 76.8 Å². The number of furan rings is 1. The Hall–Kier alpha value is -5.11. The molecule has 3 aromatic rings. The summed E-state index contributed by atoms with van der Waals surface area (Å²) in [6.45, 7) is 3.65. The molecule has 11 heteroatoms. The summed E-state index contributed by atoms with van der Waals surface area (Å²) in [5.74, 6) is -1.37. The van der Waals surface area contributed by atoms with Gasteiger partial charge in [-0.2, -0.15) is 5.26 Å². The molecule has 3 heterocycles. The number of nitrogens with one attached hydrogen (secondary N) is 2. The number of fused-ring (bicyclic) bond motifs is 1. The monoisotopic (exact) mass is 583 g/mol. The molecule has 2 fully saturated rings. The number of likely N-dealkylation sites (tertiary alicyclic amines) is 2. The minimum Gasteiger partial charge on any atom is -0.478 e. The minimum absolute atomic E-state index is 0.00633. The van der Waals surface area contributed by atoms with Gasteiger partial charge in [0.15, 0.2) is 0 Å². The number of allylic oxidation sites excluding steroid dienone is 1. The second kappa shape index (κ2) is 12.8. The van der Waals surface area contributed by atoms with Crippen molar-refractivity contribution < 1.29 is 28.7 Å². The Kier molecular flexibility index (Phi) is 8.76. The van der Waals surface area contributed by atoms with E-state index in [1.807, 2.05) is 25.1 Å². The predicted molar refractivity (Wildman–Crippen MR) is 158 cm³/mol. The maximum atomic E-state index is 13.7. The van der Waals surface area contributed by atoms with Crippen LogP contribution in [0.1, 0.15) is 58.6 Å². The number of rotatable bonds is 9. The maximum Gasteiger partial charge on any atom is 0.335 e. The summed E-state index contributed by atoms with van der Waals surface area (Å²) < 4.78 is 5.66. The first-order chi connectivity index (χ1) is 20.7. The van der Waals surface area contributed by atoms with Gasteiger partial charge in [-0.15, -0.1) is 0 Å². The number of hydrogen-bond donors (Lipinski definition) is 3. The Balaban J connectivity index is 1.47. The molecule has 11 nitrogen and oxygen atoms in total. The van der Waals surface area contributed by atoms with Gasteiger partial charge in [-0.1, -0.05) is 12.1 Å². The molecule has 0 aliphatic carbocycles. The number of Topliss-reactive ketones (excluding diaryl/α,β-unsaturated/α-hetero) is 1. The maximum absolute atomic E-state index is 13.7. The van der Waals surface area contributed by atoms with Crippen LogP contribution in [0.4, 0.5) is 5.69 Å². The molecule has 222 valence electrons. The molecule has 0 bridgehead atoms. The van der Waals surface area contributed by atoms with Crippen molar-refractivity contribution in [1.29, 1.82) is 5.26 Å². The standard InChI is InChI=1S/C32H33N5O6/c1-20-16-23-17-24(11-12-27(23)43-20)34-30(25(18-33)29(39)21-7-9-22(10-8-21)32(41)42)35-26-6-2-3-15-37(31(26)40)19-28(38)36-13-4-5-14-36/h7-12,16-17,26,34-35H,2-6,13-15,19H2,1H3,(H,41,42)/b30-25+/t26-/m0/s1. The van der Waals surface area contributed by atoms with Crippen LogP contribution in [0.2, 0.25) is 0 Å². The lowest BCUT2D eigenvalue weighted by Gasteiger charge is -2.28. The van der Waals surface area contributed by atoms with E-state index in [0.29, 0.717) is 43.7 Å². The molecule has 43 heavy (non-hydrogen) atoms. The fourth-order valence-electron chi connectivity index (χ4n) is 5.50. The number of carboxylic acid groups (broad SMARTS) is 1. The SMILES string of the molecule is Cc1cc2cc(N/C(N[C@H]3CCCCN(CC(=O)N4CCCC4)C3=O)=C(/C#N)C(=O)c3ccc(C(=O)O)cc3)ccc2o1. The van der Waals surface area contributed by atoms with Gasteiger partial charge in [0.05, 0.1) is 12.1 Å². The van der Waals surface area contributed by atoms with E-state index in [0.717, 1.165) is 30.4 Å². The van der Waals surface area contributed by atoms with E-state index in [4.69, 9.17) is 4.42 Å². The van der Waals surface area contributed by atoms with Crippen molar-refractivity contribution >= 4 is 40.2 Å². The normalized spacial score (nSPS) is 17.7. The quantitative estimate of drug-likeness (QED) is 0.192. The largest absolute Gasteiger partial charge is 0.478 e. The van der Waals surface area contributed by atoms with Gasteiger partial charge in [0, 0.05) is 36.3 Å². The highest BCUT2D eigenvalue weighted by atomic mass is 16.4. The summed E-state index contributed by atoms with van der Waals surface area (Å²) in [4.78, 5) is 54.8. The summed E-state index contributed by atoms with van der Waals surface area (Å²) in [6.07, 6.45) is 3.78. The lowest BCUT2D eigenvalue weighted by molar-refractivity contribution is -0.140. The molecule has 2 aromatic carbocycles. The van der Waals surface area contributed by atoms with Crippen LogP contribution in [0, 0.1) is 18.3 Å². The van der Waals surface area contributed by atoms with Gasteiger partial charge in [0.25, 0.3) is 0 Å². The zero-order valence-corrected chi connectivity index (χ0v) is 23.9. The van der Waals surface area contributed by atoms with Crippen molar-refractivity contribution in [2.24, 2.45) is 0 Å². The molecule has 1 atom stereocenters. The van der Waals surface area contributed by atoms with Crippen molar-refractivity contribution in [1.82, 2.24) is 15.1 Å². The van der Waals surface area contributed by atoms with E-state index in [1.54, 1.807) is 21.9 Å². The number of aryl methyl sites for hydroxylation is 1. The van der Waals surface area contributed by atoms with Crippen molar-refractivity contribution in [3.63, 3.8) is 0 Å². The number of carbonyl (C=O) groups is 4. The van der Waals surface area contributed by atoms with E-state index >= 15 is 0 Å². The topological polar surface area (TPSA) is 156 Å². The molecule has 0 radical (unpaired) electrons. The highest BCUT2D eigenvalue weighted by molar-refractivity contribution is 6.12. The van der Waals surface area contributed by atoms with Crippen LogP contribution in [0.5, 0.6) is 0 Å². The van der Waals surface area contributed by atoms with E-state index in [2.05, 4.69) is 10.6 Å². The van der Waals surface area contributed by atoms with Crippen LogP contribution in [0.15, 0.2) is 64.3 Å². The smallest absolute Gasteiger partial charge is 0.335 e. The highest BCUT2D eigenvalue weighted by Gasteiger charge is 2.32. The Morgan fingerprint density at radius 3 is 2.40 bits per heavy atom. The van der Waals surface area contributed by atoms with Crippen molar-refractivity contribution in [2.75, 3.05) is 31.5 Å². The first-order valence-electron chi connectivity index (χ1n) is 14.4. The first kappa shape index (κ1) is 29.4. The Bertz CT molecular complexity index is 1630. The number of hydrogen-bond acceptors (Lipinski definition) is 8. The van der Waals surface area contributed by atoms with Crippen LogP contribution >= 0.6 is 0 Å². The molecule has 3 N–H and O–H groups in total. The summed E-state index contributed by atoms with van der Waals surface area (Å²) in [5.41, 5.74) is 1.08. The number of nitriles is 1. The number of carbonyl (C=O) groups excluding carboxylic acids is 3. The molecule has 0 unspecified atom stereocenters. The Labute approximate surface area is 248 Å². The lowest BCUT2D eigenvalue weighted by atomic mass is 10.0. The Morgan fingerprint density at radius 1 is 1.00 bits per heavy atom. The molecule has 5 rings (SSSR count).